The van der Waals surface area contributed by atoms with Crippen molar-refractivity contribution >= 4 is 17.5 Å². The molecule has 2 aliphatic rings. The van der Waals surface area contributed by atoms with Crippen LogP contribution in [0.2, 0.25) is 0 Å². The molecule has 0 radical (unpaired) electrons. The van der Waals surface area contributed by atoms with Crippen molar-refractivity contribution in [1.82, 2.24) is 5.32 Å². The average molecular weight is 278 g/mol. The molecule has 1 saturated carbocycles. The molecule has 1 fully saturated rings. The third-order valence-corrected chi connectivity index (χ3v) is 4.80. The number of hydrogen-bond donors (Lipinski definition) is 1. The van der Waals surface area contributed by atoms with Gasteiger partial charge in [-0.2, -0.15) is 0 Å². The first-order valence-electron chi connectivity index (χ1n) is 7.25. The van der Waals surface area contributed by atoms with Crippen molar-refractivity contribution in [1.29, 1.82) is 0 Å². The lowest BCUT2D eigenvalue weighted by Crippen LogP contribution is -2.35. The van der Waals surface area contributed by atoms with Crippen molar-refractivity contribution < 1.29 is 4.79 Å². The summed E-state index contributed by atoms with van der Waals surface area (Å²) in [5, 5.41) is 3.16. The maximum absolute atomic E-state index is 12.3. The van der Waals surface area contributed by atoms with Gasteiger partial charge >= 0.3 is 0 Å². The summed E-state index contributed by atoms with van der Waals surface area (Å²) < 4.78 is 0. The lowest BCUT2D eigenvalue weighted by molar-refractivity contribution is -0.122. The molecular formula is C16H20ClNO. The highest BCUT2D eigenvalue weighted by Crippen LogP contribution is 2.35. The lowest BCUT2D eigenvalue weighted by Gasteiger charge is -2.25. The van der Waals surface area contributed by atoms with Crippen LogP contribution in [0, 0.1) is 5.92 Å². The highest BCUT2D eigenvalue weighted by atomic mass is 35.5. The number of halogens is 1. The van der Waals surface area contributed by atoms with Crippen LogP contribution in [-0.4, -0.2) is 17.8 Å². The van der Waals surface area contributed by atoms with Crippen molar-refractivity contribution in [2.24, 2.45) is 5.92 Å². The predicted octanol–water partition coefficient (Wildman–Crippen LogP) is 3.24. The van der Waals surface area contributed by atoms with Crippen LogP contribution in [0.1, 0.15) is 42.7 Å². The molecule has 0 spiro atoms. The highest BCUT2D eigenvalue weighted by molar-refractivity contribution is 6.21. The van der Waals surface area contributed by atoms with E-state index in [-0.39, 0.29) is 17.2 Å². The van der Waals surface area contributed by atoms with Crippen LogP contribution in [0.4, 0.5) is 0 Å². The van der Waals surface area contributed by atoms with Crippen molar-refractivity contribution in [3.05, 3.63) is 35.4 Å². The molecule has 1 aromatic carbocycles. The van der Waals surface area contributed by atoms with Crippen molar-refractivity contribution in [3.63, 3.8) is 0 Å². The molecule has 0 saturated heterocycles. The molecule has 3 rings (SSSR count). The highest BCUT2D eigenvalue weighted by Gasteiger charge is 2.31. The van der Waals surface area contributed by atoms with Crippen LogP contribution in [0.3, 0.4) is 0 Å². The van der Waals surface area contributed by atoms with E-state index in [0.717, 1.165) is 19.3 Å². The van der Waals surface area contributed by atoms with E-state index in [9.17, 15) is 4.79 Å². The van der Waals surface area contributed by atoms with Gasteiger partial charge in [0.25, 0.3) is 0 Å². The first-order valence-corrected chi connectivity index (χ1v) is 7.69. The first-order chi connectivity index (χ1) is 9.25. The topological polar surface area (TPSA) is 29.1 Å². The minimum atomic E-state index is 0.0213. The minimum Gasteiger partial charge on any atom is -0.354 e. The Bertz CT molecular complexity index is 470. The Morgan fingerprint density at radius 3 is 2.89 bits per heavy atom. The van der Waals surface area contributed by atoms with E-state index in [1.165, 1.54) is 24.0 Å². The molecule has 1 amide bonds. The quantitative estimate of drug-likeness (QED) is 0.841. The molecule has 1 aromatic rings. The number of carbonyl (C=O) groups excluding carboxylic acids is 1. The number of amides is 1. The molecule has 2 aliphatic carbocycles. The number of rotatable bonds is 4. The monoisotopic (exact) mass is 277 g/mol. The molecule has 1 N–H and O–H groups in total. The summed E-state index contributed by atoms with van der Waals surface area (Å²) in [5.41, 5.74) is 2.54. The van der Waals surface area contributed by atoms with Gasteiger partial charge in [-0.25, -0.2) is 0 Å². The molecule has 0 bridgehead atoms. The van der Waals surface area contributed by atoms with Crippen LogP contribution in [-0.2, 0) is 11.2 Å². The van der Waals surface area contributed by atoms with Crippen LogP contribution in [0.15, 0.2) is 24.3 Å². The van der Waals surface area contributed by atoms with Gasteiger partial charge in [0.1, 0.15) is 0 Å². The van der Waals surface area contributed by atoms with Gasteiger partial charge in [-0.05, 0) is 49.1 Å². The van der Waals surface area contributed by atoms with Gasteiger partial charge in [0.2, 0.25) is 5.91 Å². The molecule has 0 aromatic heterocycles. The zero-order valence-electron chi connectivity index (χ0n) is 11.1. The molecule has 19 heavy (non-hydrogen) atoms. The number of aryl methyl sites for hydroxylation is 1. The van der Waals surface area contributed by atoms with Crippen LogP contribution < -0.4 is 5.32 Å². The zero-order valence-corrected chi connectivity index (χ0v) is 11.8. The molecule has 102 valence electrons. The third-order valence-electron chi connectivity index (χ3n) is 4.29. The number of carbonyl (C=O) groups is 1. The summed E-state index contributed by atoms with van der Waals surface area (Å²) in [4.78, 5) is 12.3. The Balaban J connectivity index is 1.63. The van der Waals surface area contributed by atoms with E-state index >= 15 is 0 Å². The van der Waals surface area contributed by atoms with Crippen LogP contribution in [0.25, 0.3) is 0 Å². The fourth-order valence-electron chi connectivity index (χ4n) is 2.97. The van der Waals surface area contributed by atoms with E-state index in [1.54, 1.807) is 0 Å². The summed E-state index contributed by atoms with van der Waals surface area (Å²) in [6.07, 6.45) is 5.59. The van der Waals surface area contributed by atoms with Gasteiger partial charge < -0.3 is 5.32 Å². The van der Waals surface area contributed by atoms with E-state index in [0.29, 0.717) is 12.5 Å². The summed E-state index contributed by atoms with van der Waals surface area (Å²) in [7, 11) is 0. The minimum absolute atomic E-state index is 0.0213. The Morgan fingerprint density at radius 1 is 1.32 bits per heavy atom. The summed E-state index contributed by atoms with van der Waals surface area (Å²) >= 11 is 6.25. The van der Waals surface area contributed by atoms with Gasteiger partial charge in [0, 0.05) is 6.54 Å². The zero-order chi connectivity index (χ0) is 13.2. The van der Waals surface area contributed by atoms with E-state index in [1.807, 2.05) is 6.07 Å². The van der Waals surface area contributed by atoms with Crippen molar-refractivity contribution in [2.75, 3.05) is 6.54 Å². The Hall–Kier alpha value is -1.02. The normalized spacial score (nSPS) is 23.5. The Morgan fingerprint density at radius 2 is 2.11 bits per heavy atom. The second kappa shape index (κ2) is 5.54. The number of hydrogen-bond acceptors (Lipinski definition) is 1. The number of fused-ring (bicyclic) bond motifs is 1. The number of alkyl halides is 1. The fourth-order valence-corrected chi connectivity index (χ4v) is 3.30. The van der Waals surface area contributed by atoms with Crippen LogP contribution in [0.5, 0.6) is 0 Å². The lowest BCUT2D eigenvalue weighted by atomic mass is 9.82. The van der Waals surface area contributed by atoms with Gasteiger partial charge in [-0.1, -0.05) is 24.3 Å². The predicted molar refractivity (Wildman–Crippen MR) is 77.5 cm³/mol. The van der Waals surface area contributed by atoms with E-state index < -0.39 is 0 Å². The second-order valence-corrected chi connectivity index (χ2v) is 6.30. The fraction of sp³-hybridized carbons (Fsp3) is 0.562. The summed E-state index contributed by atoms with van der Waals surface area (Å²) in [6.45, 7) is 0.615. The van der Waals surface area contributed by atoms with Gasteiger partial charge in [0.05, 0.1) is 11.3 Å². The smallest absolute Gasteiger partial charge is 0.227 e. The maximum Gasteiger partial charge on any atom is 0.227 e. The van der Waals surface area contributed by atoms with Gasteiger partial charge in [-0.3, -0.25) is 4.79 Å². The standard InChI is InChI=1S/C16H20ClNO/c17-15(12-8-9-12)10-18-16(19)14-7-3-5-11-4-1-2-6-13(11)14/h1-2,4,6,12,14-15H,3,5,7-10H2,(H,18,19). The third kappa shape index (κ3) is 2.94. The average Bonchev–Trinajstić information content (AvgIpc) is 3.28. The second-order valence-electron chi connectivity index (χ2n) is 5.74. The van der Waals surface area contributed by atoms with Crippen LogP contribution >= 0.6 is 11.6 Å². The SMILES string of the molecule is O=C(NCC(Cl)C1CC1)C1CCCc2ccccc21. The molecule has 2 nitrogen and oxygen atoms in total. The maximum atomic E-state index is 12.3. The van der Waals surface area contributed by atoms with Gasteiger partial charge in [-0.15, -0.1) is 11.6 Å². The largest absolute Gasteiger partial charge is 0.354 e. The first kappa shape index (κ1) is 13.0. The van der Waals surface area contributed by atoms with Gasteiger partial charge in [0.15, 0.2) is 0 Å². The molecule has 2 atom stereocenters. The van der Waals surface area contributed by atoms with Crippen molar-refractivity contribution in [2.45, 2.75) is 43.4 Å². The molecular weight excluding hydrogens is 258 g/mol. The molecule has 0 aliphatic heterocycles. The molecule has 0 heterocycles. The molecule has 2 unspecified atom stereocenters. The number of nitrogens with one attached hydrogen (secondary N) is 1. The summed E-state index contributed by atoms with van der Waals surface area (Å²) in [6, 6.07) is 8.32. The number of benzene rings is 1. The van der Waals surface area contributed by atoms with Crippen molar-refractivity contribution in [3.8, 4) is 0 Å². The van der Waals surface area contributed by atoms with E-state index in [2.05, 4.69) is 23.5 Å². The Kier molecular flexibility index (Phi) is 3.79. The summed E-state index contributed by atoms with van der Waals surface area (Å²) in [5.74, 6) is 0.798. The molecule has 3 heteroatoms. The van der Waals surface area contributed by atoms with E-state index in [4.69, 9.17) is 11.6 Å². The Labute approximate surface area is 119 Å².